The molecule has 1 heterocycles. The lowest BCUT2D eigenvalue weighted by atomic mass is 9.87. The van der Waals surface area contributed by atoms with Crippen molar-refractivity contribution in [2.24, 2.45) is 12.8 Å². The van der Waals surface area contributed by atoms with Crippen molar-refractivity contribution in [3.63, 3.8) is 0 Å². The Kier molecular flexibility index (Phi) is 4.11. The highest BCUT2D eigenvalue weighted by molar-refractivity contribution is 5.28. The Bertz CT molecular complexity index is 445. The van der Waals surface area contributed by atoms with E-state index in [0.29, 0.717) is 12.6 Å². The monoisotopic (exact) mass is 262 g/mol. The molecule has 0 aromatic carbocycles. The van der Waals surface area contributed by atoms with Crippen LogP contribution in [0.15, 0.2) is 18.3 Å². The Morgan fingerprint density at radius 3 is 2.58 bits per heavy atom. The highest BCUT2D eigenvalue weighted by Crippen LogP contribution is 2.29. The first-order valence-electron chi connectivity index (χ1n) is 7.07. The van der Waals surface area contributed by atoms with E-state index < -0.39 is 0 Å². The van der Waals surface area contributed by atoms with Crippen LogP contribution in [0.25, 0.3) is 0 Å². The molecular weight excluding hydrogens is 236 g/mol. The molecule has 1 aliphatic rings. The Morgan fingerprint density at radius 2 is 2.05 bits per heavy atom. The standard InChI is InChI=1S/C15H26N4/c1-15(2,3)14-12(10-19(4)18-14)13(9-16)17-11-7-5-6-8-11/h5-6,10-11,13,17H,7-9,16H2,1-4H3. The Labute approximate surface area is 116 Å². The number of aromatic nitrogens is 2. The second-order valence-electron chi connectivity index (χ2n) is 6.45. The van der Waals surface area contributed by atoms with Crippen molar-refractivity contribution >= 4 is 0 Å². The molecular formula is C15H26N4. The van der Waals surface area contributed by atoms with E-state index in [4.69, 9.17) is 5.73 Å². The molecule has 4 heteroatoms. The average molecular weight is 262 g/mol. The second-order valence-corrected chi connectivity index (χ2v) is 6.45. The molecule has 0 aliphatic heterocycles. The van der Waals surface area contributed by atoms with E-state index in [1.807, 2.05) is 11.7 Å². The van der Waals surface area contributed by atoms with Gasteiger partial charge in [0.2, 0.25) is 0 Å². The summed E-state index contributed by atoms with van der Waals surface area (Å²) >= 11 is 0. The smallest absolute Gasteiger partial charge is 0.0726 e. The maximum Gasteiger partial charge on any atom is 0.0726 e. The van der Waals surface area contributed by atoms with Gasteiger partial charge in [-0.2, -0.15) is 5.10 Å². The number of nitrogens with one attached hydrogen (secondary N) is 1. The lowest BCUT2D eigenvalue weighted by molar-refractivity contribution is 0.443. The summed E-state index contributed by atoms with van der Waals surface area (Å²) in [6.07, 6.45) is 8.77. The first-order chi connectivity index (χ1) is 8.91. The average Bonchev–Trinajstić information content (AvgIpc) is 2.93. The van der Waals surface area contributed by atoms with Gasteiger partial charge in [0.05, 0.1) is 5.69 Å². The second kappa shape index (κ2) is 5.47. The zero-order chi connectivity index (χ0) is 14.0. The van der Waals surface area contributed by atoms with Gasteiger partial charge in [-0.15, -0.1) is 0 Å². The van der Waals surface area contributed by atoms with Gasteiger partial charge in [0.25, 0.3) is 0 Å². The van der Waals surface area contributed by atoms with Gasteiger partial charge >= 0.3 is 0 Å². The molecule has 106 valence electrons. The number of nitrogens with zero attached hydrogens (tertiary/aromatic N) is 2. The number of hydrogen-bond acceptors (Lipinski definition) is 3. The van der Waals surface area contributed by atoms with Gasteiger partial charge in [0.1, 0.15) is 0 Å². The highest BCUT2D eigenvalue weighted by atomic mass is 15.3. The number of nitrogens with two attached hydrogens (primary N) is 1. The fourth-order valence-corrected chi connectivity index (χ4v) is 2.67. The fraction of sp³-hybridized carbons (Fsp3) is 0.667. The van der Waals surface area contributed by atoms with Gasteiger partial charge in [-0.3, -0.25) is 4.68 Å². The van der Waals surface area contributed by atoms with Crippen molar-refractivity contribution < 1.29 is 0 Å². The van der Waals surface area contributed by atoms with Crippen molar-refractivity contribution in [1.82, 2.24) is 15.1 Å². The molecule has 0 radical (unpaired) electrons. The van der Waals surface area contributed by atoms with E-state index in [9.17, 15) is 0 Å². The van der Waals surface area contributed by atoms with Crippen LogP contribution in [0.3, 0.4) is 0 Å². The summed E-state index contributed by atoms with van der Waals surface area (Å²) in [5.41, 5.74) is 8.41. The van der Waals surface area contributed by atoms with Crippen LogP contribution < -0.4 is 11.1 Å². The van der Waals surface area contributed by atoms with Gasteiger partial charge in [0, 0.05) is 42.9 Å². The predicted octanol–water partition coefficient (Wildman–Crippen LogP) is 2.03. The van der Waals surface area contributed by atoms with Gasteiger partial charge in [0.15, 0.2) is 0 Å². The highest BCUT2D eigenvalue weighted by Gasteiger charge is 2.27. The molecule has 0 saturated carbocycles. The lowest BCUT2D eigenvalue weighted by Gasteiger charge is -2.25. The van der Waals surface area contributed by atoms with E-state index >= 15 is 0 Å². The fourth-order valence-electron chi connectivity index (χ4n) is 2.67. The molecule has 1 aromatic heterocycles. The van der Waals surface area contributed by atoms with Gasteiger partial charge in [-0.1, -0.05) is 32.9 Å². The predicted molar refractivity (Wildman–Crippen MR) is 79.0 cm³/mol. The van der Waals surface area contributed by atoms with Crippen LogP contribution >= 0.6 is 0 Å². The SMILES string of the molecule is Cn1cc(C(CN)NC2CC=CC2)c(C(C)(C)C)n1. The molecule has 0 fully saturated rings. The van der Waals surface area contributed by atoms with Crippen LogP contribution in [-0.2, 0) is 12.5 Å². The maximum atomic E-state index is 5.98. The summed E-state index contributed by atoms with van der Waals surface area (Å²) in [7, 11) is 1.98. The molecule has 0 amide bonds. The van der Waals surface area contributed by atoms with Crippen molar-refractivity contribution in [2.45, 2.75) is 51.1 Å². The van der Waals surface area contributed by atoms with Crippen molar-refractivity contribution in [3.05, 3.63) is 29.6 Å². The minimum absolute atomic E-state index is 0.0413. The molecule has 1 aliphatic carbocycles. The first kappa shape index (κ1) is 14.3. The molecule has 19 heavy (non-hydrogen) atoms. The zero-order valence-electron chi connectivity index (χ0n) is 12.5. The van der Waals surface area contributed by atoms with E-state index in [0.717, 1.165) is 18.5 Å². The molecule has 2 rings (SSSR count). The summed E-state index contributed by atoms with van der Waals surface area (Å²) in [5.74, 6) is 0. The van der Waals surface area contributed by atoms with Gasteiger partial charge in [-0.05, 0) is 12.8 Å². The number of hydrogen-bond donors (Lipinski definition) is 2. The summed E-state index contributed by atoms with van der Waals surface area (Å²) in [5, 5.41) is 8.30. The molecule has 1 aromatic rings. The molecule has 3 N–H and O–H groups in total. The maximum absolute atomic E-state index is 5.98. The number of aryl methyl sites for hydroxylation is 1. The van der Waals surface area contributed by atoms with E-state index in [1.54, 1.807) is 0 Å². The topological polar surface area (TPSA) is 55.9 Å². The molecule has 4 nitrogen and oxygen atoms in total. The van der Waals surface area contributed by atoms with Crippen LogP contribution in [0.4, 0.5) is 0 Å². The van der Waals surface area contributed by atoms with Crippen LogP contribution in [0.1, 0.15) is 50.9 Å². The Hall–Kier alpha value is -1.13. The third kappa shape index (κ3) is 3.25. The number of rotatable bonds is 4. The summed E-state index contributed by atoms with van der Waals surface area (Å²) in [6.45, 7) is 7.20. The molecule has 0 saturated heterocycles. The summed E-state index contributed by atoms with van der Waals surface area (Å²) < 4.78 is 1.90. The van der Waals surface area contributed by atoms with Crippen LogP contribution in [0, 0.1) is 0 Å². The lowest BCUT2D eigenvalue weighted by Crippen LogP contribution is -2.36. The first-order valence-corrected chi connectivity index (χ1v) is 7.07. The van der Waals surface area contributed by atoms with Crippen molar-refractivity contribution in [3.8, 4) is 0 Å². The van der Waals surface area contributed by atoms with Crippen LogP contribution in [0.2, 0.25) is 0 Å². The van der Waals surface area contributed by atoms with E-state index in [2.05, 4.69) is 49.5 Å². The zero-order valence-corrected chi connectivity index (χ0v) is 12.5. The molecule has 0 bridgehead atoms. The van der Waals surface area contributed by atoms with Crippen molar-refractivity contribution in [1.29, 1.82) is 0 Å². The largest absolute Gasteiger partial charge is 0.329 e. The van der Waals surface area contributed by atoms with E-state index in [-0.39, 0.29) is 11.5 Å². The van der Waals surface area contributed by atoms with Crippen molar-refractivity contribution in [2.75, 3.05) is 6.54 Å². The Morgan fingerprint density at radius 1 is 1.42 bits per heavy atom. The van der Waals surface area contributed by atoms with Crippen LogP contribution in [-0.4, -0.2) is 22.4 Å². The molecule has 1 unspecified atom stereocenters. The molecule has 1 atom stereocenters. The quantitative estimate of drug-likeness (QED) is 0.816. The summed E-state index contributed by atoms with van der Waals surface area (Å²) in [6, 6.07) is 0.703. The third-order valence-corrected chi connectivity index (χ3v) is 3.62. The molecule has 0 spiro atoms. The minimum Gasteiger partial charge on any atom is -0.329 e. The van der Waals surface area contributed by atoms with Crippen LogP contribution in [0.5, 0.6) is 0 Å². The summed E-state index contributed by atoms with van der Waals surface area (Å²) in [4.78, 5) is 0. The van der Waals surface area contributed by atoms with Gasteiger partial charge in [-0.25, -0.2) is 0 Å². The normalized spacial score (nSPS) is 18.2. The Balaban J connectivity index is 2.22. The van der Waals surface area contributed by atoms with Gasteiger partial charge < -0.3 is 11.1 Å². The third-order valence-electron chi connectivity index (χ3n) is 3.62. The van der Waals surface area contributed by atoms with E-state index in [1.165, 1.54) is 5.56 Å². The minimum atomic E-state index is 0.0413.